The number of rotatable bonds is 2. The molecule has 1 aliphatic carbocycles. The Morgan fingerprint density at radius 2 is 1.96 bits per heavy atom. The molecular weight excluding hydrogens is 355 g/mol. The largest absolute Gasteiger partial charge is 0.421 e. The number of halogens is 4. The Hall–Kier alpha value is -1.47. The third-order valence-corrected chi connectivity index (χ3v) is 6.46. The van der Waals surface area contributed by atoms with Crippen molar-refractivity contribution in [3.63, 3.8) is 0 Å². The standard InChI is InChI=1S/C17H17ClF3N3O/c18-11-2-1-10-13(12(11)17(19,20)21)25-23-15(10)22-14-9-3-7-24(8-4-9)16(14)5-6-16/h1-2,9,14H,3-8H2,(H,22,23)/t14-/m0/s1. The summed E-state index contributed by atoms with van der Waals surface area (Å²) < 4.78 is 45.0. The molecule has 1 atom stereocenters. The van der Waals surface area contributed by atoms with Crippen molar-refractivity contribution in [2.45, 2.75) is 43.4 Å². The number of piperidine rings is 3. The van der Waals surface area contributed by atoms with Gasteiger partial charge in [0.15, 0.2) is 11.4 Å². The van der Waals surface area contributed by atoms with Gasteiger partial charge in [0.1, 0.15) is 5.56 Å². The van der Waals surface area contributed by atoms with E-state index in [1.807, 2.05) is 0 Å². The predicted molar refractivity (Wildman–Crippen MR) is 87.7 cm³/mol. The Balaban J connectivity index is 1.54. The van der Waals surface area contributed by atoms with Gasteiger partial charge in [-0.15, -0.1) is 0 Å². The van der Waals surface area contributed by atoms with Crippen molar-refractivity contribution in [2.24, 2.45) is 5.92 Å². The fraction of sp³-hybridized carbons (Fsp3) is 0.588. The van der Waals surface area contributed by atoms with Crippen molar-refractivity contribution in [3.8, 4) is 0 Å². The Labute approximate surface area is 147 Å². The van der Waals surface area contributed by atoms with Gasteiger partial charge in [0, 0.05) is 11.6 Å². The number of nitrogens with zero attached hydrogens (tertiary/aromatic N) is 2. The molecule has 1 aromatic carbocycles. The second kappa shape index (κ2) is 5.04. The summed E-state index contributed by atoms with van der Waals surface area (Å²) in [5.74, 6) is 0.927. The molecule has 2 aromatic rings. The number of nitrogens with one attached hydrogen (secondary N) is 1. The van der Waals surface area contributed by atoms with E-state index in [1.54, 1.807) is 6.07 Å². The highest BCUT2D eigenvalue weighted by Gasteiger charge is 2.60. The molecule has 4 aliphatic rings. The van der Waals surface area contributed by atoms with E-state index >= 15 is 0 Å². The van der Waals surface area contributed by atoms with Gasteiger partial charge in [-0.3, -0.25) is 4.90 Å². The number of fused-ring (bicyclic) bond motifs is 3. The number of alkyl halides is 3. The van der Waals surface area contributed by atoms with Gasteiger partial charge in [0.2, 0.25) is 0 Å². The minimum atomic E-state index is -4.58. The molecule has 4 nitrogen and oxygen atoms in total. The summed E-state index contributed by atoms with van der Waals surface area (Å²) in [6.45, 7) is 2.24. The molecule has 4 fully saturated rings. The van der Waals surface area contributed by atoms with Crippen LogP contribution >= 0.6 is 11.6 Å². The zero-order chi connectivity index (χ0) is 17.4. The summed E-state index contributed by atoms with van der Waals surface area (Å²) in [5, 5.41) is 7.31. The maximum Gasteiger partial charge on any atom is 0.421 e. The Kier molecular flexibility index (Phi) is 3.18. The maximum absolute atomic E-state index is 13.3. The molecule has 8 heteroatoms. The van der Waals surface area contributed by atoms with Gasteiger partial charge in [0.25, 0.3) is 0 Å². The first kappa shape index (κ1) is 15.8. The summed E-state index contributed by atoms with van der Waals surface area (Å²) >= 11 is 5.76. The number of hydrogen-bond donors (Lipinski definition) is 1. The molecule has 1 spiro atoms. The third kappa shape index (κ3) is 2.21. The van der Waals surface area contributed by atoms with Crippen LogP contribution in [0, 0.1) is 5.92 Å². The highest BCUT2D eigenvalue weighted by atomic mass is 35.5. The van der Waals surface area contributed by atoms with E-state index < -0.39 is 11.7 Å². The molecule has 4 heterocycles. The van der Waals surface area contributed by atoms with Crippen molar-refractivity contribution < 1.29 is 17.7 Å². The van der Waals surface area contributed by atoms with Gasteiger partial charge >= 0.3 is 6.18 Å². The van der Waals surface area contributed by atoms with Crippen molar-refractivity contribution in [1.29, 1.82) is 0 Å². The zero-order valence-electron chi connectivity index (χ0n) is 13.4. The number of aromatic nitrogens is 1. The highest BCUT2D eigenvalue weighted by molar-refractivity contribution is 6.32. The van der Waals surface area contributed by atoms with E-state index in [4.69, 9.17) is 16.1 Å². The van der Waals surface area contributed by atoms with Crippen LogP contribution in [0.1, 0.15) is 31.2 Å². The minimum absolute atomic E-state index is 0.158. The van der Waals surface area contributed by atoms with Crippen LogP contribution < -0.4 is 5.32 Å². The Bertz CT molecular complexity index is 838. The van der Waals surface area contributed by atoms with Crippen LogP contribution in [-0.2, 0) is 6.18 Å². The van der Waals surface area contributed by atoms with Crippen LogP contribution in [0.3, 0.4) is 0 Å². The molecule has 0 unspecified atom stereocenters. The summed E-state index contributed by atoms with van der Waals surface area (Å²) in [6.07, 6.45) is -0.0719. The lowest BCUT2D eigenvalue weighted by molar-refractivity contribution is -0.136. The molecule has 25 heavy (non-hydrogen) atoms. The van der Waals surface area contributed by atoms with E-state index in [0.717, 1.165) is 38.8 Å². The van der Waals surface area contributed by atoms with Crippen LogP contribution in [0.5, 0.6) is 0 Å². The second-order valence-corrected chi connectivity index (χ2v) is 7.79. The van der Waals surface area contributed by atoms with E-state index in [2.05, 4.69) is 15.4 Å². The van der Waals surface area contributed by atoms with Crippen LogP contribution in [0.15, 0.2) is 16.7 Å². The molecule has 3 saturated heterocycles. The van der Waals surface area contributed by atoms with E-state index in [1.165, 1.54) is 6.07 Å². The van der Waals surface area contributed by atoms with E-state index in [0.29, 0.717) is 17.1 Å². The summed E-state index contributed by atoms with van der Waals surface area (Å²) in [6, 6.07) is 3.03. The topological polar surface area (TPSA) is 41.3 Å². The molecular formula is C17H17ClF3N3O. The van der Waals surface area contributed by atoms with Gasteiger partial charge in [-0.05, 0) is 56.8 Å². The molecule has 1 N–H and O–H groups in total. The van der Waals surface area contributed by atoms with Crippen LogP contribution in [0.4, 0.5) is 19.0 Å². The molecule has 0 amide bonds. The summed E-state index contributed by atoms with van der Waals surface area (Å²) in [4.78, 5) is 2.53. The van der Waals surface area contributed by atoms with Gasteiger partial charge in [0.05, 0.1) is 10.4 Å². The monoisotopic (exact) mass is 371 g/mol. The molecule has 0 radical (unpaired) electrons. The van der Waals surface area contributed by atoms with Gasteiger partial charge in [-0.2, -0.15) is 13.2 Å². The molecule has 1 aromatic heterocycles. The molecule has 6 rings (SSSR count). The van der Waals surface area contributed by atoms with Crippen molar-refractivity contribution in [1.82, 2.24) is 10.1 Å². The van der Waals surface area contributed by atoms with Crippen LogP contribution in [-0.4, -0.2) is 34.7 Å². The van der Waals surface area contributed by atoms with Gasteiger partial charge in [-0.1, -0.05) is 16.8 Å². The number of anilines is 1. The smallest absolute Gasteiger partial charge is 0.362 e. The quantitative estimate of drug-likeness (QED) is 0.841. The van der Waals surface area contributed by atoms with Crippen molar-refractivity contribution in [3.05, 3.63) is 22.7 Å². The first-order valence-electron chi connectivity index (χ1n) is 8.57. The van der Waals surface area contributed by atoms with E-state index in [-0.39, 0.29) is 22.2 Å². The molecule has 134 valence electrons. The Morgan fingerprint density at radius 3 is 2.60 bits per heavy atom. The lowest BCUT2D eigenvalue weighted by atomic mass is 9.77. The van der Waals surface area contributed by atoms with Gasteiger partial charge < -0.3 is 9.84 Å². The third-order valence-electron chi connectivity index (χ3n) is 6.15. The SMILES string of the molecule is FC(F)(F)c1c(Cl)ccc2c(N[C@H]3C4CCN(CC4)C34CC4)noc12. The van der Waals surface area contributed by atoms with Crippen LogP contribution in [0.2, 0.25) is 5.02 Å². The highest BCUT2D eigenvalue weighted by Crippen LogP contribution is 2.55. The summed E-state index contributed by atoms with van der Waals surface area (Å²) in [5.41, 5.74) is -1.10. The second-order valence-electron chi connectivity index (χ2n) is 7.38. The number of benzene rings is 1. The maximum atomic E-state index is 13.3. The zero-order valence-corrected chi connectivity index (χ0v) is 14.1. The normalized spacial score (nSPS) is 30.2. The summed E-state index contributed by atoms with van der Waals surface area (Å²) in [7, 11) is 0. The van der Waals surface area contributed by atoms with Crippen LogP contribution in [0.25, 0.3) is 11.0 Å². The van der Waals surface area contributed by atoms with Crippen molar-refractivity contribution in [2.75, 3.05) is 18.4 Å². The predicted octanol–water partition coefficient (Wildman–Crippen LogP) is 4.54. The average molecular weight is 372 g/mol. The lowest BCUT2D eigenvalue weighted by Gasteiger charge is -2.52. The lowest BCUT2D eigenvalue weighted by Crippen LogP contribution is -2.62. The average Bonchev–Trinajstić information content (AvgIpc) is 3.24. The van der Waals surface area contributed by atoms with Gasteiger partial charge in [-0.25, -0.2) is 0 Å². The fourth-order valence-corrected chi connectivity index (χ4v) is 5.07. The Morgan fingerprint density at radius 1 is 1.24 bits per heavy atom. The molecule has 1 saturated carbocycles. The van der Waals surface area contributed by atoms with E-state index in [9.17, 15) is 13.2 Å². The van der Waals surface area contributed by atoms with Crippen molar-refractivity contribution >= 4 is 28.4 Å². The molecule has 3 aliphatic heterocycles. The fourth-order valence-electron chi connectivity index (χ4n) is 4.82. The first-order valence-corrected chi connectivity index (χ1v) is 8.95. The minimum Gasteiger partial charge on any atom is -0.362 e. The first-order chi connectivity index (χ1) is 11.9. The number of hydrogen-bond acceptors (Lipinski definition) is 4. The molecule has 2 bridgehead atoms.